The highest BCUT2D eigenvalue weighted by Crippen LogP contribution is 2.17. The van der Waals surface area contributed by atoms with Gasteiger partial charge in [0.2, 0.25) is 0 Å². The molecule has 1 aliphatic rings. The van der Waals surface area contributed by atoms with Gasteiger partial charge in [-0.3, -0.25) is 4.79 Å². The molecule has 0 unspecified atom stereocenters. The Bertz CT molecular complexity index is 269. The van der Waals surface area contributed by atoms with Crippen molar-refractivity contribution in [2.24, 2.45) is 5.41 Å². The molecule has 0 aliphatic carbocycles. The summed E-state index contributed by atoms with van der Waals surface area (Å²) in [5.74, 6) is -0.959. The minimum Gasteiger partial charge on any atom is -0.481 e. The van der Waals surface area contributed by atoms with Crippen LogP contribution in [0.5, 0.6) is 0 Å². The first-order chi connectivity index (χ1) is 7.43. The van der Waals surface area contributed by atoms with Crippen LogP contribution < -0.4 is 0 Å². The Kier molecular flexibility index (Phi) is 4.15. The van der Waals surface area contributed by atoms with E-state index in [1.165, 1.54) is 0 Å². The second kappa shape index (κ2) is 5.18. The van der Waals surface area contributed by atoms with Crippen molar-refractivity contribution >= 4 is 12.1 Å². The topological polar surface area (TPSA) is 66.8 Å². The summed E-state index contributed by atoms with van der Waals surface area (Å²) in [5, 5.41) is 8.86. The summed E-state index contributed by atoms with van der Waals surface area (Å²) < 4.78 is 5.01. The van der Waals surface area contributed by atoms with Crippen molar-refractivity contribution in [3.8, 4) is 0 Å². The van der Waals surface area contributed by atoms with Gasteiger partial charge in [-0.05, 0) is 33.1 Å². The average Bonchev–Trinajstić information content (AvgIpc) is 2.27. The monoisotopic (exact) mass is 229 g/mol. The summed E-state index contributed by atoms with van der Waals surface area (Å²) in [4.78, 5) is 24.0. The van der Waals surface area contributed by atoms with Gasteiger partial charge in [-0.15, -0.1) is 0 Å². The van der Waals surface area contributed by atoms with E-state index >= 15 is 0 Å². The van der Waals surface area contributed by atoms with Crippen molar-refractivity contribution in [1.29, 1.82) is 0 Å². The first-order valence-electron chi connectivity index (χ1n) is 5.58. The first kappa shape index (κ1) is 12.8. The van der Waals surface area contributed by atoms with Crippen molar-refractivity contribution in [3.05, 3.63) is 0 Å². The first-order valence-corrected chi connectivity index (χ1v) is 5.58. The van der Waals surface area contributed by atoms with Crippen molar-refractivity contribution in [2.75, 3.05) is 19.7 Å². The molecule has 1 N–H and O–H groups in total. The van der Waals surface area contributed by atoms with Crippen LogP contribution in [0.15, 0.2) is 0 Å². The van der Waals surface area contributed by atoms with Crippen LogP contribution in [-0.2, 0) is 9.53 Å². The minimum absolute atomic E-state index is 0.0856. The Morgan fingerprint density at radius 2 is 1.81 bits per heavy atom. The molecule has 1 amide bonds. The minimum atomic E-state index is -1.02. The highest BCUT2D eigenvalue weighted by atomic mass is 16.6. The van der Waals surface area contributed by atoms with Crippen molar-refractivity contribution < 1.29 is 19.4 Å². The zero-order valence-electron chi connectivity index (χ0n) is 9.86. The largest absolute Gasteiger partial charge is 0.481 e. The summed E-state index contributed by atoms with van der Waals surface area (Å²) in [6, 6.07) is 0. The number of piperidine rings is 1. The molecule has 0 aromatic rings. The predicted octanol–water partition coefficient (Wildman–Crippen LogP) is 1.72. The third kappa shape index (κ3) is 3.40. The molecule has 0 bridgehead atoms. The van der Waals surface area contributed by atoms with Crippen LogP contribution in [-0.4, -0.2) is 41.8 Å². The molecule has 1 rings (SSSR count). The summed E-state index contributed by atoms with van der Waals surface area (Å²) in [5.41, 5.74) is -1.02. The maximum Gasteiger partial charge on any atom is 0.409 e. The predicted molar refractivity (Wildman–Crippen MR) is 58.2 cm³/mol. The molecule has 5 heteroatoms. The fourth-order valence-corrected chi connectivity index (χ4v) is 1.47. The van der Waals surface area contributed by atoms with Crippen LogP contribution in [0.25, 0.3) is 0 Å². The Hall–Kier alpha value is -1.26. The summed E-state index contributed by atoms with van der Waals surface area (Å²) in [7, 11) is 0. The van der Waals surface area contributed by atoms with Gasteiger partial charge < -0.3 is 14.7 Å². The number of carbonyl (C=O) groups excluding carboxylic acids is 1. The van der Waals surface area contributed by atoms with Crippen LogP contribution in [0, 0.1) is 5.41 Å². The lowest BCUT2D eigenvalue weighted by molar-refractivity contribution is -0.149. The van der Waals surface area contributed by atoms with E-state index in [1.54, 1.807) is 18.7 Å². The van der Waals surface area contributed by atoms with E-state index in [-0.39, 0.29) is 6.61 Å². The molecule has 1 aliphatic heterocycles. The Labute approximate surface area is 95.4 Å². The van der Waals surface area contributed by atoms with Crippen molar-refractivity contribution in [1.82, 2.24) is 4.90 Å². The van der Waals surface area contributed by atoms with E-state index in [1.807, 2.05) is 0 Å². The van der Waals surface area contributed by atoms with Gasteiger partial charge in [-0.1, -0.05) is 0 Å². The summed E-state index contributed by atoms with van der Waals surface area (Å²) >= 11 is 0. The van der Waals surface area contributed by atoms with Crippen LogP contribution in [0.3, 0.4) is 0 Å². The van der Waals surface area contributed by atoms with Crippen molar-refractivity contribution in [2.45, 2.75) is 33.1 Å². The highest BCUT2D eigenvalue weighted by molar-refractivity contribution is 5.74. The third-order valence-electron chi connectivity index (χ3n) is 2.75. The zero-order chi connectivity index (χ0) is 12.2. The number of nitrogens with zero attached hydrogens (tertiary/aromatic N) is 1. The molecule has 0 aromatic carbocycles. The van der Waals surface area contributed by atoms with Gasteiger partial charge in [0.1, 0.15) is 6.61 Å². The fourth-order valence-electron chi connectivity index (χ4n) is 1.47. The number of ether oxygens (including phenoxy) is 1. The lowest BCUT2D eigenvalue weighted by Gasteiger charge is -2.27. The normalized spacial score (nSPS) is 17.0. The Balaban J connectivity index is 2.37. The van der Waals surface area contributed by atoms with Gasteiger partial charge in [0.25, 0.3) is 0 Å². The summed E-state index contributed by atoms with van der Waals surface area (Å²) in [6.07, 6.45) is 2.74. The Morgan fingerprint density at radius 1 is 1.25 bits per heavy atom. The van der Waals surface area contributed by atoms with Crippen LogP contribution in [0.1, 0.15) is 33.1 Å². The van der Waals surface area contributed by atoms with E-state index in [0.29, 0.717) is 13.1 Å². The summed E-state index contributed by atoms with van der Waals surface area (Å²) in [6.45, 7) is 4.42. The number of carboxylic acids is 1. The maximum atomic E-state index is 11.6. The third-order valence-corrected chi connectivity index (χ3v) is 2.75. The van der Waals surface area contributed by atoms with Gasteiger partial charge in [-0.25, -0.2) is 4.79 Å². The fraction of sp³-hybridized carbons (Fsp3) is 0.818. The quantitative estimate of drug-likeness (QED) is 0.800. The number of carboxylic acid groups (broad SMARTS) is 1. The second-order valence-corrected chi connectivity index (χ2v) is 4.79. The van der Waals surface area contributed by atoms with E-state index < -0.39 is 17.5 Å². The van der Waals surface area contributed by atoms with E-state index in [2.05, 4.69) is 0 Å². The van der Waals surface area contributed by atoms with E-state index in [9.17, 15) is 9.59 Å². The molecule has 0 radical (unpaired) electrons. The van der Waals surface area contributed by atoms with Crippen LogP contribution in [0.2, 0.25) is 0 Å². The molecular weight excluding hydrogens is 210 g/mol. The second-order valence-electron chi connectivity index (χ2n) is 4.79. The zero-order valence-corrected chi connectivity index (χ0v) is 9.86. The SMILES string of the molecule is CC(C)(COC(=O)N1CCCCC1)C(=O)O. The molecular formula is C11H19NO4. The molecule has 0 atom stereocenters. The van der Waals surface area contributed by atoms with Gasteiger partial charge >= 0.3 is 12.1 Å². The van der Waals surface area contributed by atoms with E-state index in [4.69, 9.17) is 9.84 Å². The van der Waals surface area contributed by atoms with Gasteiger partial charge in [0, 0.05) is 13.1 Å². The van der Waals surface area contributed by atoms with Crippen LogP contribution in [0.4, 0.5) is 4.79 Å². The number of hydrogen-bond acceptors (Lipinski definition) is 3. The smallest absolute Gasteiger partial charge is 0.409 e. The van der Waals surface area contributed by atoms with Crippen molar-refractivity contribution in [3.63, 3.8) is 0 Å². The lowest BCUT2D eigenvalue weighted by atomic mass is 9.95. The maximum absolute atomic E-state index is 11.6. The number of hydrogen-bond donors (Lipinski definition) is 1. The molecule has 1 saturated heterocycles. The molecule has 0 spiro atoms. The number of aliphatic carboxylic acids is 1. The number of amides is 1. The number of rotatable bonds is 3. The average molecular weight is 229 g/mol. The van der Waals surface area contributed by atoms with E-state index in [0.717, 1.165) is 19.3 Å². The number of carbonyl (C=O) groups is 2. The molecule has 1 heterocycles. The Morgan fingerprint density at radius 3 is 2.31 bits per heavy atom. The highest BCUT2D eigenvalue weighted by Gasteiger charge is 2.30. The molecule has 92 valence electrons. The van der Waals surface area contributed by atoms with Gasteiger partial charge in [0.05, 0.1) is 5.41 Å². The standard InChI is InChI=1S/C11H19NO4/c1-11(2,9(13)14)8-16-10(15)12-6-4-3-5-7-12/h3-8H2,1-2H3,(H,13,14). The van der Waals surface area contributed by atoms with Crippen LogP contribution >= 0.6 is 0 Å². The molecule has 1 fully saturated rings. The molecule has 5 nitrogen and oxygen atoms in total. The number of likely N-dealkylation sites (tertiary alicyclic amines) is 1. The molecule has 0 aromatic heterocycles. The van der Waals surface area contributed by atoms with Gasteiger partial charge in [-0.2, -0.15) is 0 Å². The van der Waals surface area contributed by atoms with Gasteiger partial charge in [0.15, 0.2) is 0 Å². The lowest BCUT2D eigenvalue weighted by Crippen LogP contribution is -2.39. The molecule has 16 heavy (non-hydrogen) atoms. The molecule has 0 saturated carbocycles.